The second kappa shape index (κ2) is 7.33. The number of amides is 2. The Morgan fingerprint density at radius 3 is 2.62 bits per heavy atom. The lowest BCUT2D eigenvalue weighted by Gasteiger charge is -2.33. The summed E-state index contributed by atoms with van der Waals surface area (Å²) in [6, 6.07) is 12.4. The van der Waals surface area contributed by atoms with Gasteiger partial charge in [-0.05, 0) is 56.3 Å². The van der Waals surface area contributed by atoms with Crippen LogP contribution in [0.3, 0.4) is 0 Å². The first-order valence-corrected chi connectivity index (χ1v) is 8.98. The Kier molecular flexibility index (Phi) is 5.13. The molecule has 1 aliphatic heterocycles. The van der Waals surface area contributed by atoms with E-state index in [2.05, 4.69) is 27.8 Å². The highest BCUT2D eigenvalue weighted by atomic mass is 79.9. The fourth-order valence-electron chi connectivity index (χ4n) is 2.72. The predicted molar refractivity (Wildman–Crippen MR) is 106 cm³/mol. The number of fused-ring (bicyclic) bond motifs is 1. The average Bonchev–Trinajstić information content (AvgIpc) is 2.59. The molecule has 1 N–H and O–H groups in total. The zero-order valence-electron chi connectivity index (χ0n) is 14.6. The van der Waals surface area contributed by atoms with E-state index in [4.69, 9.17) is 4.74 Å². The molecule has 0 aromatic heterocycles. The van der Waals surface area contributed by atoms with Gasteiger partial charge in [0.25, 0.3) is 11.8 Å². The summed E-state index contributed by atoms with van der Waals surface area (Å²) in [6.45, 7) is 7.89. The summed E-state index contributed by atoms with van der Waals surface area (Å²) in [5.74, 6) is 0.261. The number of ether oxygens (including phenoxy) is 1. The van der Waals surface area contributed by atoms with Gasteiger partial charge in [0.15, 0.2) is 6.10 Å². The summed E-state index contributed by atoms with van der Waals surface area (Å²) < 4.78 is 6.58. The van der Waals surface area contributed by atoms with Gasteiger partial charge < -0.3 is 15.0 Å². The van der Waals surface area contributed by atoms with Crippen LogP contribution in [-0.4, -0.2) is 24.5 Å². The molecule has 1 heterocycles. The van der Waals surface area contributed by atoms with E-state index in [-0.39, 0.29) is 11.8 Å². The van der Waals surface area contributed by atoms with Crippen LogP contribution in [0.4, 0.5) is 11.4 Å². The van der Waals surface area contributed by atoms with Gasteiger partial charge in [-0.1, -0.05) is 28.1 Å². The van der Waals surface area contributed by atoms with Crippen LogP contribution in [0.5, 0.6) is 5.75 Å². The molecule has 0 saturated heterocycles. The molecule has 0 fully saturated rings. The number of carbonyl (C=O) groups is 2. The second-order valence-electron chi connectivity index (χ2n) is 6.29. The van der Waals surface area contributed by atoms with Crippen molar-refractivity contribution in [3.05, 3.63) is 64.7 Å². The summed E-state index contributed by atoms with van der Waals surface area (Å²) in [6.07, 6.45) is -0.551. The molecule has 6 heteroatoms. The Bertz CT molecular complexity index is 877. The molecular formula is C20H19BrN2O3. The van der Waals surface area contributed by atoms with Gasteiger partial charge in [-0.25, -0.2) is 0 Å². The standard InChI is InChI=1S/C20H19BrN2O3/c1-12(2)11-23-17-10-16(8-9-18(17)26-13(3)20(23)25)22-19(24)14-4-6-15(21)7-5-14/h4-10,13H,1,11H2,2-3H3,(H,22,24). The fourth-order valence-corrected chi connectivity index (χ4v) is 2.99. The normalized spacial score (nSPS) is 15.9. The van der Waals surface area contributed by atoms with Crippen LogP contribution >= 0.6 is 15.9 Å². The Labute approximate surface area is 160 Å². The quantitative estimate of drug-likeness (QED) is 0.754. The van der Waals surface area contributed by atoms with Crippen molar-refractivity contribution < 1.29 is 14.3 Å². The maximum absolute atomic E-state index is 12.5. The predicted octanol–water partition coefficient (Wildman–Crippen LogP) is 4.39. The molecule has 0 spiro atoms. The van der Waals surface area contributed by atoms with Crippen molar-refractivity contribution >= 4 is 39.1 Å². The smallest absolute Gasteiger partial charge is 0.268 e. The number of nitrogens with one attached hydrogen (secondary N) is 1. The van der Waals surface area contributed by atoms with Crippen molar-refractivity contribution in [2.24, 2.45) is 0 Å². The molecule has 134 valence electrons. The van der Waals surface area contributed by atoms with Crippen molar-refractivity contribution in [1.82, 2.24) is 0 Å². The lowest BCUT2D eigenvalue weighted by molar-refractivity contribution is -0.125. The first kappa shape index (κ1) is 18.2. The third-order valence-electron chi connectivity index (χ3n) is 3.96. The largest absolute Gasteiger partial charge is 0.479 e. The molecule has 0 radical (unpaired) electrons. The molecule has 0 aliphatic carbocycles. The molecule has 1 unspecified atom stereocenters. The summed E-state index contributed by atoms with van der Waals surface area (Å²) in [4.78, 5) is 26.5. The second-order valence-corrected chi connectivity index (χ2v) is 7.20. The van der Waals surface area contributed by atoms with Crippen LogP contribution in [-0.2, 0) is 4.79 Å². The minimum Gasteiger partial charge on any atom is -0.479 e. The molecule has 0 saturated carbocycles. The van der Waals surface area contributed by atoms with Crippen LogP contribution in [0, 0.1) is 0 Å². The average molecular weight is 415 g/mol. The molecule has 2 amide bonds. The third-order valence-corrected chi connectivity index (χ3v) is 4.49. The van der Waals surface area contributed by atoms with Crippen molar-refractivity contribution in [2.75, 3.05) is 16.8 Å². The maximum atomic E-state index is 12.5. The van der Waals surface area contributed by atoms with E-state index in [1.807, 2.05) is 19.1 Å². The zero-order chi connectivity index (χ0) is 18.8. The molecule has 5 nitrogen and oxygen atoms in total. The summed E-state index contributed by atoms with van der Waals surface area (Å²) >= 11 is 3.35. The van der Waals surface area contributed by atoms with E-state index in [1.165, 1.54) is 0 Å². The Morgan fingerprint density at radius 1 is 1.27 bits per heavy atom. The Morgan fingerprint density at radius 2 is 1.96 bits per heavy atom. The summed E-state index contributed by atoms with van der Waals surface area (Å²) in [7, 11) is 0. The number of hydrogen-bond donors (Lipinski definition) is 1. The van der Waals surface area contributed by atoms with Crippen LogP contribution in [0.15, 0.2) is 59.1 Å². The maximum Gasteiger partial charge on any atom is 0.268 e. The molecule has 1 aliphatic rings. The summed E-state index contributed by atoms with van der Waals surface area (Å²) in [5.41, 5.74) is 2.63. The number of nitrogens with zero attached hydrogens (tertiary/aromatic N) is 1. The summed E-state index contributed by atoms with van der Waals surface area (Å²) in [5, 5.41) is 2.86. The minimum atomic E-state index is -0.551. The van der Waals surface area contributed by atoms with Gasteiger partial charge in [0, 0.05) is 22.3 Å². The number of anilines is 2. The Balaban J connectivity index is 1.88. The Hall–Kier alpha value is -2.60. The molecule has 2 aromatic rings. The van der Waals surface area contributed by atoms with Crippen LogP contribution in [0.2, 0.25) is 0 Å². The number of carbonyl (C=O) groups excluding carboxylic acids is 2. The number of benzene rings is 2. The van der Waals surface area contributed by atoms with E-state index in [1.54, 1.807) is 42.2 Å². The van der Waals surface area contributed by atoms with Crippen LogP contribution in [0.25, 0.3) is 0 Å². The van der Waals surface area contributed by atoms with Gasteiger partial charge >= 0.3 is 0 Å². The minimum absolute atomic E-state index is 0.128. The number of rotatable bonds is 4. The molecule has 3 rings (SSSR count). The fraction of sp³-hybridized carbons (Fsp3) is 0.200. The highest BCUT2D eigenvalue weighted by molar-refractivity contribution is 9.10. The van der Waals surface area contributed by atoms with E-state index in [9.17, 15) is 9.59 Å². The first-order valence-electron chi connectivity index (χ1n) is 8.18. The van der Waals surface area contributed by atoms with Crippen molar-refractivity contribution in [3.8, 4) is 5.75 Å². The van der Waals surface area contributed by atoms with Gasteiger partial charge in [-0.3, -0.25) is 9.59 Å². The SMILES string of the molecule is C=C(C)CN1C(=O)C(C)Oc2ccc(NC(=O)c3ccc(Br)cc3)cc21. The van der Waals surface area contributed by atoms with Gasteiger partial charge in [0.2, 0.25) is 0 Å². The van der Waals surface area contributed by atoms with Gasteiger partial charge in [-0.15, -0.1) is 0 Å². The monoisotopic (exact) mass is 414 g/mol. The van der Waals surface area contributed by atoms with Gasteiger partial charge in [0.05, 0.1) is 5.69 Å². The van der Waals surface area contributed by atoms with Crippen LogP contribution < -0.4 is 15.0 Å². The van der Waals surface area contributed by atoms with Gasteiger partial charge in [0.1, 0.15) is 5.75 Å². The lowest BCUT2D eigenvalue weighted by Crippen LogP contribution is -2.45. The molecule has 1 atom stereocenters. The van der Waals surface area contributed by atoms with E-state index < -0.39 is 6.10 Å². The molecular weight excluding hydrogens is 396 g/mol. The highest BCUT2D eigenvalue weighted by Gasteiger charge is 2.31. The lowest BCUT2D eigenvalue weighted by atomic mass is 10.1. The van der Waals surface area contributed by atoms with Gasteiger partial charge in [-0.2, -0.15) is 0 Å². The highest BCUT2D eigenvalue weighted by Crippen LogP contribution is 2.36. The molecule has 26 heavy (non-hydrogen) atoms. The number of halogens is 1. The molecule has 0 bridgehead atoms. The first-order chi connectivity index (χ1) is 12.3. The van der Waals surface area contributed by atoms with Crippen molar-refractivity contribution in [2.45, 2.75) is 20.0 Å². The topological polar surface area (TPSA) is 58.6 Å². The van der Waals surface area contributed by atoms with E-state index >= 15 is 0 Å². The molecule has 2 aromatic carbocycles. The number of hydrogen-bond acceptors (Lipinski definition) is 3. The van der Waals surface area contributed by atoms with Crippen molar-refractivity contribution in [1.29, 1.82) is 0 Å². The van der Waals surface area contributed by atoms with Crippen molar-refractivity contribution in [3.63, 3.8) is 0 Å². The third kappa shape index (κ3) is 3.80. The van der Waals surface area contributed by atoms with E-state index in [0.29, 0.717) is 29.2 Å². The zero-order valence-corrected chi connectivity index (χ0v) is 16.2. The van der Waals surface area contributed by atoms with Crippen LogP contribution in [0.1, 0.15) is 24.2 Å². The van der Waals surface area contributed by atoms with E-state index in [0.717, 1.165) is 10.0 Å².